The molecule has 0 atom stereocenters. The fraction of sp³-hybridized carbons (Fsp3) is 0.385. The van der Waals surface area contributed by atoms with E-state index in [0.717, 1.165) is 16.9 Å². The minimum absolute atomic E-state index is 0.0135. The molecule has 6 nitrogen and oxygen atoms in total. The Balaban J connectivity index is 1.97. The van der Waals surface area contributed by atoms with Crippen molar-refractivity contribution in [3.63, 3.8) is 0 Å². The Kier molecular flexibility index (Phi) is 4.79. The molecule has 21 heavy (non-hydrogen) atoms. The largest absolute Gasteiger partial charge is 0.465 e. The van der Waals surface area contributed by atoms with Crippen LogP contribution < -0.4 is 0 Å². The number of aryl methyl sites for hydroxylation is 2. The first-order chi connectivity index (χ1) is 9.89. The Hall–Kier alpha value is -1.67. The maximum atomic E-state index is 12.1. The monoisotopic (exact) mass is 328 g/mol. The van der Waals surface area contributed by atoms with Gasteiger partial charge in [0.15, 0.2) is 9.84 Å². The summed E-state index contributed by atoms with van der Waals surface area (Å²) >= 11 is 1.14. The minimum Gasteiger partial charge on any atom is -0.465 e. The quantitative estimate of drug-likeness (QED) is 0.754. The molecule has 0 radical (unpaired) electrons. The number of thiophene rings is 1. The first kappa shape index (κ1) is 15.7. The molecule has 0 bridgehead atoms. The van der Waals surface area contributed by atoms with Crippen LogP contribution in [-0.4, -0.2) is 37.0 Å². The van der Waals surface area contributed by atoms with E-state index in [1.54, 1.807) is 29.2 Å². The zero-order chi connectivity index (χ0) is 15.5. The molecule has 0 N–H and O–H groups in total. The summed E-state index contributed by atoms with van der Waals surface area (Å²) in [5.41, 5.74) is 0.994. The lowest BCUT2D eigenvalue weighted by atomic mass is 10.4. The third-order valence-electron chi connectivity index (χ3n) is 2.80. The molecule has 2 heterocycles. The second kappa shape index (κ2) is 6.40. The molecular formula is C13H16N2O4S2. The predicted octanol–water partition coefficient (Wildman–Crippen LogP) is 1.65. The van der Waals surface area contributed by atoms with Crippen molar-refractivity contribution in [3.8, 4) is 0 Å². The Labute approximate surface area is 127 Å². The maximum absolute atomic E-state index is 12.1. The lowest BCUT2D eigenvalue weighted by Gasteiger charge is -2.03. The van der Waals surface area contributed by atoms with Crippen molar-refractivity contribution in [1.29, 1.82) is 0 Å². The van der Waals surface area contributed by atoms with Crippen molar-refractivity contribution in [1.82, 2.24) is 9.78 Å². The number of sulfone groups is 1. The molecule has 0 spiro atoms. The molecule has 0 aliphatic heterocycles. The maximum Gasteiger partial charge on any atom is 0.348 e. The summed E-state index contributed by atoms with van der Waals surface area (Å²) in [5, 5.41) is 4.06. The first-order valence-corrected chi connectivity index (χ1v) is 8.90. The van der Waals surface area contributed by atoms with Gasteiger partial charge < -0.3 is 4.74 Å². The average molecular weight is 328 g/mol. The highest BCUT2D eigenvalue weighted by Crippen LogP contribution is 2.20. The second-order valence-corrected chi connectivity index (χ2v) is 7.98. The summed E-state index contributed by atoms with van der Waals surface area (Å²) in [6, 6.07) is 3.23. The van der Waals surface area contributed by atoms with Crippen LogP contribution in [-0.2, 0) is 26.9 Å². The van der Waals surface area contributed by atoms with Gasteiger partial charge in [-0.1, -0.05) is 0 Å². The number of methoxy groups -OCH3 is 1. The summed E-state index contributed by atoms with van der Waals surface area (Å²) in [7, 11) is -1.95. The Morgan fingerprint density at radius 3 is 2.81 bits per heavy atom. The molecule has 0 unspecified atom stereocenters. The van der Waals surface area contributed by atoms with E-state index in [9.17, 15) is 13.2 Å². The van der Waals surface area contributed by atoms with Crippen molar-refractivity contribution in [2.45, 2.75) is 19.2 Å². The van der Waals surface area contributed by atoms with Gasteiger partial charge in [0.05, 0.1) is 31.4 Å². The van der Waals surface area contributed by atoms with E-state index in [-0.39, 0.29) is 11.5 Å². The number of carbonyl (C=O) groups is 1. The van der Waals surface area contributed by atoms with Crippen LogP contribution in [0.2, 0.25) is 0 Å². The summed E-state index contributed by atoms with van der Waals surface area (Å²) in [6.07, 6.45) is 3.49. The standard InChI is InChI=1S/C13H16N2O4S2/c1-10-7-14-15(8-10)5-6-21(17,18)9-11-3-4-12(20-11)13(16)19-2/h3-4,7-8H,5-6,9H2,1-2H3. The van der Waals surface area contributed by atoms with E-state index in [2.05, 4.69) is 9.84 Å². The molecule has 0 saturated heterocycles. The van der Waals surface area contributed by atoms with Crippen LogP contribution >= 0.6 is 11.3 Å². The van der Waals surface area contributed by atoms with Gasteiger partial charge >= 0.3 is 5.97 Å². The highest BCUT2D eigenvalue weighted by Gasteiger charge is 2.16. The van der Waals surface area contributed by atoms with Crippen molar-refractivity contribution in [3.05, 3.63) is 39.8 Å². The highest BCUT2D eigenvalue weighted by molar-refractivity contribution is 7.90. The van der Waals surface area contributed by atoms with Gasteiger partial charge in [-0.15, -0.1) is 11.3 Å². The number of aromatic nitrogens is 2. The van der Waals surface area contributed by atoms with Crippen LogP contribution in [0.4, 0.5) is 0 Å². The fourth-order valence-corrected chi connectivity index (χ4v) is 4.41. The van der Waals surface area contributed by atoms with Gasteiger partial charge in [0.2, 0.25) is 0 Å². The average Bonchev–Trinajstić information content (AvgIpc) is 3.04. The molecule has 0 amide bonds. The van der Waals surface area contributed by atoms with E-state index < -0.39 is 15.8 Å². The van der Waals surface area contributed by atoms with Crippen molar-refractivity contribution in [2.75, 3.05) is 12.9 Å². The van der Waals surface area contributed by atoms with Gasteiger partial charge in [-0.25, -0.2) is 13.2 Å². The number of esters is 1. The van der Waals surface area contributed by atoms with E-state index in [1.165, 1.54) is 7.11 Å². The van der Waals surface area contributed by atoms with E-state index in [4.69, 9.17) is 0 Å². The topological polar surface area (TPSA) is 78.3 Å². The Bertz CT molecular complexity index is 731. The second-order valence-electron chi connectivity index (χ2n) is 4.63. The summed E-state index contributed by atoms with van der Waals surface area (Å²) < 4.78 is 30.4. The highest BCUT2D eigenvalue weighted by atomic mass is 32.2. The lowest BCUT2D eigenvalue weighted by molar-refractivity contribution is 0.0606. The number of hydrogen-bond acceptors (Lipinski definition) is 6. The Morgan fingerprint density at radius 2 is 2.19 bits per heavy atom. The Morgan fingerprint density at radius 1 is 1.43 bits per heavy atom. The number of carbonyl (C=O) groups excluding carboxylic acids is 1. The van der Waals surface area contributed by atoms with E-state index in [1.807, 2.05) is 6.92 Å². The van der Waals surface area contributed by atoms with Crippen molar-refractivity contribution < 1.29 is 17.9 Å². The van der Waals surface area contributed by atoms with Gasteiger partial charge in [-0.3, -0.25) is 4.68 Å². The molecule has 2 aromatic rings. The van der Waals surface area contributed by atoms with Crippen LogP contribution in [0.25, 0.3) is 0 Å². The molecule has 8 heteroatoms. The molecule has 114 valence electrons. The minimum atomic E-state index is -3.25. The zero-order valence-electron chi connectivity index (χ0n) is 11.8. The molecule has 0 saturated carbocycles. The normalized spacial score (nSPS) is 11.5. The molecule has 2 rings (SSSR count). The first-order valence-electron chi connectivity index (χ1n) is 6.26. The number of ether oxygens (including phenoxy) is 1. The van der Waals surface area contributed by atoms with Crippen molar-refractivity contribution >= 4 is 27.1 Å². The van der Waals surface area contributed by atoms with Gasteiger partial charge in [0.25, 0.3) is 0 Å². The molecule has 0 aliphatic carbocycles. The molecule has 0 aromatic carbocycles. The SMILES string of the molecule is COC(=O)c1ccc(CS(=O)(=O)CCn2cc(C)cn2)s1. The van der Waals surface area contributed by atoms with Gasteiger partial charge in [0.1, 0.15) is 4.88 Å². The van der Waals surface area contributed by atoms with Crippen LogP contribution in [0.5, 0.6) is 0 Å². The summed E-state index contributed by atoms with van der Waals surface area (Å²) in [5.74, 6) is -0.509. The summed E-state index contributed by atoms with van der Waals surface area (Å²) in [6.45, 7) is 2.23. The van der Waals surface area contributed by atoms with Crippen LogP contribution in [0.1, 0.15) is 20.1 Å². The number of nitrogens with zero attached hydrogens (tertiary/aromatic N) is 2. The zero-order valence-corrected chi connectivity index (χ0v) is 13.4. The van der Waals surface area contributed by atoms with Crippen LogP contribution in [0.3, 0.4) is 0 Å². The number of rotatable bonds is 6. The van der Waals surface area contributed by atoms with Gasteiger partial charge in [-0.2, -0.15) is 5.10 Å². The van der Waals surface area contributed by atoms with Gasteiger partial charge in [-0.05, 0) is 24.6 Å². The van der Waals surface area contributed by atoms with Crippen LogP contribution in [0, 0.1) is 6.92 Å². The fourth-order valence-electron chi connectivity index (χ4n) is 1.78. The van der Waals surface area contributed by atoms with Crippen LogP contribution in [0.15, 0.2) is 24.5 Å². The third kappa shape index (κ3) is 4.40. The lowest BCUT2D eigenvalue weighted by Crippen LogP contribution is -2.14. The predicted molar refractivity (Wildman–Crippen MR) is 80.1 cm³/mol. The molecule has 2 aromatic heterocycles. The third-order valence-corrected chi connectivity index (χ3v) is 5.61. The molecule has 0 aliphatic rings. The molecule has 0 fully saturated rings. The summed E-state index contributed by atoms with van der Waals surface area (Å²) in [4.78, 5) is 12.4. The van der Waals surface area contributed by atoms with E-state index >= 15 is 0 Å². The molecular weight excluding hydrogens is 312 g/mol. The van der Waals surface area contributed by atoms with Gasteiger partial charge in [0, 0.05) is 11.1 Å². The number of hydrogen-bond donors (Lipinski definition) is 0. The van der Waals surface area contributed by atoms with E-state index in [0.29, 0.717) is 16.3 Å². The smallest absolute Gasteiger partial charge is 0.348 e. The van der Waals surface area contributed by atoms with Crippen molar-refractivity contribution in [2.24, 2.45) is 0 Å².